The molecule has 13 nitrogen and oxygen atoms in total. The van der Waals surface area contributed by atoms with Crippen molar-refractivity contribution in [2.45, 2.75) is 30.5 Å². The third kappa shape index (κ3) is 5.51. The molecule has 0 aromatic carbocycles. The fourth-order valence-corrected chi connectivity index (χ4v) is 3.98. The Bertz CT molecular complexity index is 1230. The number of aliphatic carboxylic acids is 2. The van der Waals surface area contributed by atoms with Gasteiger partial charge in [-0.3, -0.25) is 4.57 Å². The van der Waals surface area contributed by atoms with Gasteiger partial charge in [-0.05, 0) is 34.0 Å². The average molecular weight is 526 g/mol. The molecule has 0 saturated carbocycles. The van der Waals surface area contributed by atoms with E-state index < -0.39 is 55.6 Å². The molecule has 0 aliphatic carbocycles. The van der Waals surface area contributed by atoms with Gasteiger partial charge in [-0.1, -0.05) is 5.92 Å². The van der Waals surface area contributed by atoms with E-state index in [1.165, 1.54) is 22.2 Å². The molecular formula is C20H20ClN5O8S. The Kier molecular flexibility index (Phi) is 8.22. The number of hydrogen-bond donors (Lipinski definition) is 5. The molecule has 0 radical (unpaired) electrons. The van der Waals surface area contributed by atoms with Gasteiger partial charge in [-0.2, -0.15) is 21.3 Å². The van der Waals surface area contributed by atoms with E-state index in [0.717, 1.165) is 0 Å². The molecule has 0 unspecified atom stereocenters. The summed E-state index contributed by atoms with van der Waals surface area (Å²) in [7, 11) is 0. The number of nitrogen functional groups attached to an aromatic ring is 1. The molecule has 3 rings (SSSR count). The Morgan fingerprint density at radius 3 is 2.63 bits per heavy atom. The monoisotopic (exact) mass is 525 g/mol. The summed E-state index contributed by atoms with van der Waals surface area (Å²) in [4.78, 5) is 35.7. The number of nitrogens with zero attached hydrogens (tertiary/aromatic N) is 4. The van der Waals surface area contributed by atoms with Gasteiger partial charge in [0.2, 0.25) is 5.28 Å². The smallest absolute Gasteiger partial charge is 0.348 e. The topological polar surface area (TPSA) is 203 Å². The Balaban J connectivity index is 1.88. The maximum atomic E-state index is 11.9. The minimum Gasteiger partial charge on any atom is -0.479 e. The normalized spacial score (nSPS) is 14.3. The van der Waals surface area contributed by atoms with Crippen LogP contribution < -0.4 is 5.73 Å². The van der Waals surface area contributed by atoms with Gasteiger partial charge >= 0.3 is 11.9 Å². The standard InChI is InChI=1S/C20H20ClN5O8S/c1-2-12(28)16(26-9-23-13-14(22)24-19(21)25-15(13)26)34-11(6-27)7-33-20(17(29)30,18(31)32)5-10-3-4-35-8-10/h1,3-4,8-9,11-12,16,27-28H,5-7H2,(H,29,30)(H,31,32)(H2,22,24,25)/t11-,12+,16+/m0/s1. The van der Waals surface area contributed by atoms with Crippen molar-refractivity contribution >= 4 is 51.9 Å². The molecule has 0 aliphatic heterocycles. The second-order valence-electron chi connectivity index (χ2n) is 7.20. The molecule has 0 amide bonds. The number of fused-ring (bicyclic) bond motifs is 1. The minimum atomic E-state index is -2.66. The van der Waals surface area contributed by atoms with Crippen LogP contribution in [0.1, 0.15) is 11.8 Å². The van der Waals surface area contributed by atoms with Gasteiger partial charge in [0.25, 0.3) is 5.60 Å². The van der Waals surface area contributed by atoms with Crippen LogP contribution in [0.25, 0.3) is 11.2 Å². The maximum Gasteiger partial charge on any atom is 0.348 e. The highest BCUT2D eigenvalue weighted by Crippen LogP contribution is 2.26. The summed E-state index contributed by atoms with van der Waals surface area (Å²) in [5.41, 5.74) is 3.75. The molecule has 3 aromatic heterocycles. The number of terminal acetylenes is 1. The summed E-state index contributed by atoms with van der Waals surface area (Å²) in [6.45, 7) is -1.43. The van der Waals surface area contributed by atoms with Crippen molar-refractivity contribution in [3.8, 4) is 12.3 Å². The fraction of sp³-hybridized carbons (Fsp3) is 0.350. The second kappa shape index (κ2) is 11.0. The molecule has 15 heteroatoms. The lowest BCUT2D eigenvalue weighted by atomic mass is 9.96. The minimum absolute atomic E-state index is 0.0455. The molecule has 3 aromatic rings. The number of rotatable bonds is 12. The van der Waals surface area contributed by atoms with E-state index in [9.17, 15) is 30.0 Å². The third-order valence-electron chi connectivity index (χ3n) is 4.91. The molecule has 186 valence electrons. The number of anilines is 1. The van der Waals surface area contributed by atoms with Crippen molar-refractivity contribution in [1.82, 2.24) is 19.5 Å². The van der Waals surface area contributed by atoms with Gasteiger partial charge in [0.1, 0.15) is 11.6 Å². The van der Waals surface area contributed by atoms with Crippen LogP contribution in [-0.2, 0) is 25.5 Å². The lowest BCUT2D eigenvalue weighted by Crippen LogP contribution is -2.52. The highest BCUT2D eigenvalue weighted by molar-refractivity contribution is 7.07. The van der Waals surface area contributed by atoms with Crippen LogP contribution >= 0.6 is 22.9 Å². The van der Waals surface area contributed by atoms with Crippen LogP contribution in [0.4, 0.5) is 5.82 Å². The summed E-state index contributed by atoms with van der Waals surface area (Å²) in [6.07, 6.45) is 1.73. The first-order chi connectivity index (χ1) is 16.6. The van der Waals surface area contributed by atoms with E-state index in [-0.39, 0.29) is 22.3 Å². The van der Waals surface area contributed by atoms with Crippen molar-refractivity contribution in [2.75, 3.05) is 18.9 Å². The first kappa shape index (κ1) is 26.3. The van der Waals surface area contributed by atoms with E-state index in [2.05, 4.69) is 20.9 Å². The quantitative estimate of drug-likeness (QED) is 0.122. The molecule has 0 saturated heterocycles. The molecule has 0 fully saturated rings. The molecule has 3 heterocycles. The molecular weight excluding hydrogens is 506 g/mol. The van der Waals surface area contributed by atoms with E-state index in [1.807, 2.05) is 0 Å². The number of carbonyl (C=O) groups is 2. The zero-order valence-electron chi connectivity index (χ0n) is 17.8. The number of nitrogens with two attached hydrogens (primary N) is 1. The molecule has 0 bridgehead atoms. The summed E-state index contributed by atoms with van der Waals surface area (Å²) in [6, 6.07) is 1.57. The van der Waals surface area contributed by atoms with Crippen LogP contribution in [0.15, 0.2) is 23.2 Å². The number of aromatic nitrogens is 4. The van der Waals surface area contributed by atoms with Crippen molar-refractivity contribution < 1.29 is 39.5 Å². The van der Waals surface area contributed by atoms with E-state index in [0.29, 0.717) is 5.56 Å². The predicted molar refractivity (Wildman–Crippen MR) is 123 cm³/mol. The molecule has 3 atom stereocenters. The van der Waals surface area contributed by atoms with Crippen LogP contribution in [0.5, 0.6) is 0 Å². The zero-order chi connectivity index (χ0) is 25.8. The van der Waals surface area contributed by atoms with Gasteiger partial charge in [0, 0.05) is 6.42 Å². The third-order valence-corrected chi connectivity index (χ3v) is 5.81. The lowest BCUT2D eigenvalue weighted by molar-refractivity contribution is -0.195. The van der Waals surface area contributed by atoms with Crippen LogP contribution in [0, 0.1) is 12.3 Å². The number of carboxylic acid groups (broad SMARTS) is 2. The van der Waals surface area contributed by atoms with Crippen molar-refractivity contribution in [1.29, 1.82) is 0 Å². The average Bonchev–Trinajstić information content (AvgIpc) is 3.47. The summed E-state index contributed by atoms with van der Waals surface area (Å²) >= 11 is 7.12. The summed E-state index contributed by atoms with van der Waals surface area (Å²) < 4.78 is 12.2. The van der Waals surface area contributed by atoms with E-state index in [4.69, 9.17) is 33.2 Å². The number of hydrogen-bond acceptors (Lipinski definition) is 11. The summed E-state index contributed by atoms with van der Waals surface area (Å²) in [5.74, 6) is -1.45. The van der Waals surface area contributed by atoms with Crippen LogP contribution in [-0.4, -0.2) is 82.9 Å². The number of aliphatic hydroxyl groups excluding tert-OH is 2. The molecule has 6 N–H and O–H groups in total. The van der Waals surface area contributed by atoms with Gasteiger partial charge in [0.05, 0.1) is 19.5 Å². The van der Waals surface area contributed by atoms with Gasteiger partial charge in [-0.15, -0.1) is 6.42 Å². The zero-order valence-corrected chi connectivity index (χ0v) is 19.4. The Morgan fingerprint density at radius 1 is 1.34 bits per heavy atom. The predicted octanol–water partition coefficient (Wildman–Crippen LogP) is 0.161. The van der Waals surface area contributed by atoms with Crippen molar-refractivity contribution in [3.63, 3.8) is 0 Å². The molecule has 0 aliphatic rings. The van der Waals surface area contributed by atoms with Crippen molar-refractivity contribution in [2.24, 2.45) is 0 Å². The number of thiophene rings is 1. The Hall–Kier alpha value is -3.32. The first-order valence-corrected chi connectivity index (χ1v) is 11.1. The van der Waals surface area contributed by atoms with E-state index >= 15 is 0 Å². The Labute approximate surface area is 206 Å². The number of ether oxygens (including phenoxy) is 2. The first-order valence-electron chi connectivity index (χ1n) is 9.80. The van der Waals surface area contributed by atoms with Gasteiger partial charge < -0.3 is 35.6 Å². The van der Waals surface area contributed by atoms with Crippen molar-refractivity contribution in [3.05, 3.63) is 34.0 Å². The van der Waals surface area contributed by atoms with Gasteiger partial charge in [-0.25, -0.2) is 14.6 Å². The number of imidazole rings is 1. The second-order valence-corrected chi connectivity index (χ2v) is 8.32. The van der Waals surface area contributed by atoms with Crippen LogP contribution in [0.2, 0.25) is 5.28 Å². The number of carboxylic acids is 2. The highest BCUT2D eigenvalue weighted by atomic mass is 35.5. The SMILES string of the molecule is C#C[C@@H](O)[C@@H](O[C@@H](CO)COC(Cc1ccsc1)(C(=O)O)C(=O)O)n1cnc2c(N)nc(Cl)nc21. The molecule has 0 spiro atoms. The van der Waals surface area contributed by atoms with Crippen LogP contribution in [0.3, 0.4) is 0 Å². The fourth-order valence-electron chi connectivity index (χ4n) is 3.14. The molecule has 35 heavy (non-hydrogen) atoms. The Morgan fingerprint density at radius 2 is 2.06 bits per heavy atom. The van der Waals surface area contributed by atoms with E-state index in [1.54, 1.807) is 16.8 Å². The number of aliphatic hydroxyl groups is 2. The lowest BCUT2D eigenvalue weighted by Gasteiger charge is -2.30. The largest absolute Gasteiger partial charge is 0.479 e. The number of halogens is 1. The van der Waals surface area contributed by atoms with Gasteiger partial charge in [0.15, 0.2) is 23.8 Å². The maximum absolute atomic E-state index is 11.9. The summed E-state index contributed by atoms with van der Waals surface area (Å²) in [5, 5.41) is 42.6. The highest BCUT2D eigenvalue weighted by Gasteiger charge is 2.49.